The minimum Gasteiger partial charge on any atom is -0.433 e. The number of nitrogen functional groups attached to an aromatic ring is 1. The van der Waals surface area contributed by atoms with Gasteiger partial charge in [0.2, 0.25) is 0 Å². The third kappa shape index (κ3) is 3.22. The number of anilines is 1. The summed E-state index contributed by atoms with van der Waals surface area (Å²) in [6.45, 7) is -0.777. The summed E-state index contributed by atoms with van der Waals surface area (Å²) < 4.78 is 28.6. The van der Waals surface area contributed by atoms with Crippen LogP contribution in [0.5, 0.6) is 5.75 Å². The van der Waals surface area contributed by atoms with Crippen molar-refractivity contribution < 1.29 is 13.5 Å². The van der Waals surface area contributed by atoms with Crippen LogP contribution in [0.3, 0.4) is 0 Å². The third-order valence-corrected chi connectivity index (χ3v) is 2.92. The summed E-state index contributed by atoms with van der Waals surface area (Å²) >= 11 is 0. The van der Waals surface area contributed by atoms with Crippen LogP contribution in [-0.2, 0) is 6.42 Å². The Morgan fingerprint density at radius 2 is 1.68 bits per heavy atom. The zero-order valence-corrected chi connectivity index (χ0v) is 10.6. The van der Waals surface area contributed by atoms with E-state index in [1.165, 1.54) is 11.6 Å². The molecule has 0 saturated carbocycles. The van der Waals surface area contributed by atoms with Gasteiger partial charge in [-0.15, -0.1) is 0 Å². The molecule has 2 nitrogen and oxygen atoms in total. The van der Waals surface area contributed by atoms with Gasteiger partial charge in [0.25, 0.3) is 0 Å². The monoisotopic (exact) mass is 263 g/mol. The highest BCUT2D eigenvalue weighted by atomic mass is 19.3. The molecular weight excluding hydrogens is 248 g/mol. The number of hydrogen-bond donors (Lipinski definition) is 1. The molecule has 2 aromatic carbocycles. The van der Waals surface area contributed by atoms with Crippen molar-refractivity contribution in [1.82, 2.24) is 0 Å². The van der Waals surface area contributed by atoms with Crippen molar-refractivity contribution in [1.29, 1.82) is 0 Å². The molecule has 0 aromatic heterocycles. The van der Waals surface area contributed by atoms with Gasteiger partial charge in [-0.25, -0.2) is 0 Å². The lowest BCUT2D eigenvalue weighted by Crippen LogP contribution is -2.04. The zero-order valence-electron chi connectivity index (χ0n) is 10.6. The topological polar surface area (TPSA) is 35.2 Å². The van der Waals surface area contributed by atoms with E-state index in [1.54, 1.807) is 12.1 Å². The molecule has 100 valence electrons. The Kier molecular flexibility index (Phi) is 4.00. The Bertz CT molecular complexity index is 553. The Morgan fingerprint density at radius 3 is 2.21 bits per heavy atom. The van der Waals surface area contributed by atoms with Crippen molar-refractivity contribution in [2.24, 2.45) is 0 Å². The van der Waals surface area contributed by atoms with E-state index in [0.717, 1.165) is 17.5 Å². The maximum Gasteiger partial charge on any atom is 0.387 e. The molecule has 0 spiro atoms. The van der Waals surface area contributed by atoms with E-state index in [9.17, 15) is 8.78 Å². The largest absolute Gasteiger partial charge is 0.433 e. The minimum absolute atomic E-state index is 0.00364. The summed E-state index contributed by atoms with van der Waals surface area (Å²) in [5.41, 5.74) is 9.03. The van der Waals surface area contributed by atoms with Gasteiger partial charge >= 0.3 is 6.61 Å². The maximum absolute atomic E-state index is 12.1. The van der Waals surface area contributed by atoms with Crippen molar-refractivity contribution in [3.05, 3.63) is 48.0 Å². The van der Waals surface area contributed by atoms with Gasteiger partial charge in [0, 0.05) is 0 Å². The van der Waals surface area contributed by atoms with Crippen LogP contribution < -0.4 is 10.5 Å². The molecule has 0 atom stereocenters. The quantitative estimate of drug-likeness (QED) is 0.843. The standard InChI is InChI=1S/C15H15F2NO/c1-2-10-3-5-11(6-4-10)12-7-8-14(13(18)9-12)19-15(16)17/h3-9,15H,2,18H2,1H3. The molecular formula is C15H15F2NO. The van der Waals surface area contributed by atoms with Gasteiger partial charge < -0.3 is 10.5 Å². The van der Waals surface area contributed by atoms with Gasteiger partial charge in [0.1, 0.15) is 5.75 Å². The molecule has 0 aliphatic carbocycles. The first-order valence-electron chi connectivity index (χ1n) is 6.03. The first kappa shape index (κ1) is 13.3. The van der Waals surface area contributed by atoms with Crippen LogP contribution in [0, 0.1) is 0 Å². The van der Waals surface area contributed by atoms with Gasteiger partial charge in [-0.1, -0.05) is 37.3 Å². The van der Waals surface area contributed by atoms with Crippen LogP contribution in [0.15, 0.2) is 42.5 Å². The normalized spacial score (nSPS) is 10.7. The summed E-state index contributed by atoms with van der Waals surface area (Å²) in [6, 6.07) is 12.9. The molecule has 0 fully saturated rings. The number of nitrogens with two attached hydrogens (primary N) is 1. The van der Waals surface area contributed by atoms with E-state index in [4.69, 9.17) is 5.73 Å². The lowest BCUT2D eigenvalue weighted by Gasteiger charge is -2.10. The van der Waals surface area contributed by atoms with Crippen LogP contribution in [0.2, 0.25) is 0 Å². The zero-order chi connectivity index (χ0) is 13.8. The summed E-state index contributed by atoms with van der Waals surface area (Å²) in [7, 11) is 0. The predicted molar refractivity (Wildman–Crippen MR) is 72.3 cm³/mol. The van der Waals surface area contributed by atoms with Crippen LogP contribution in [0.1, 0.15) is 12.5 Å². The van der Waals surface area contributed by atoms with Crippen molar-refractivity contribution >= 4 is 5.69 Å². The fourth-order valence-electron chi connectivity index (χ4n) is 1.86. The average molecular weight is 263 g/mol. The molecule has 2 N–H and O–H groups in total. The second-order valence-electron chi connectivity index (χ2n) is 4.18. The number of alkyl halides is 2. The molecule has 2 aromatic rings. The second-order valence-corrected chi connectivity index (χ2v) is 4.18. The smallest absolute Gasteiger partial charge is 0.387 e. The van der Waals surface area contributed by atoms with Crippen LogP contribution in [0.25, 0.3) is 11.1 Å². The molecule has 0 bridgehead atoms. The van der Waals surface area contributed by atoms with E-state index in [2.05, 4.69) is 11.7 Å². The van der Waals surface area contributed by atoms with Crippen LogP contribution >= 0.6 is 0 Å². The second kappa shape index (κ2) is 5.69. The van der Waals surface area contributed by atoms with E-state index in [1.807, 2.05) is 24.3 Å². The highest BCUT2D eigenvalue weighted by molar-refractivity contribution is 5.70. The summed E-state index contributed by atoms with van der Waals surface area (Å²) in [6.07, 6.45) is 0.976. The molecule has 0 unspecified atom stereocenters. The van der Waals surface area contributed by atoms with Crippen molar-refractivity contribution in [3.63, 3.8) is 0 Å². The van der Waals surface area contributed by atoms with E-state index in [0.29, 0.717) is 0 Å². The number of ether oxygens (including phenoxy) is 1. The first-order chi connectivity index (χ1) is 9.10. The van der Waals surface area contributed by atoms with Crippen molar-refractivity contribution in [2.45, 2.75) is 20.0 Å². The number of halogens is 2. The van der Waals surface area contributed by atoms with Gasteiger partial charge in [-0.05, 0) is 35.2 Å². The molecule has 4 heteroatoms. The molecule has 0 aliphatic heterocycles. The minimum atomic E-state index is -2.86. The molecule has 19 heavy (non-hydrogen) atoms. The van der Waals surface area contributed by atoms with Crippen LogP contribution in [-0.4, -0.2) is 6.61 Å². The van der Waals surface area contributed by atoms with Crippen LogP contribution in [0.4, 0.5) is 14.5 Å². The van der Waals surface area contributed by atoms with Gasteiger partial charge in [-0.3, -0.25) is 0 Å². The predicted octanol–water partition coefficient (Wildman–Crippen LogP) is 4.10. The fraction of sp³-hybridized carbons (Fsp3) is 0.200. The number of rotatable bonds is 4. The summed E-state index contributed by atoms with van der Waals surface area (Å²) in [4.78, 5) is 0. The number of benzene rings is 2. The Morgan fingerprint density at radius 1 is 1.05 bits per heavy atom. The molecule has 0 radical (unpaired) electrons. The first-order valence-corrected chi connectivity index (χ1v) is 6.03. The average Bonchev–Trinajstić information content (AvgIpc) is 2.41. The van der Waals surface area contributed by atoms with E-state index < -0.39 is 6.61 Å². The van der Waals surface area contributed by atoms with Gasteiger partial charge in [0.05, 0.1) is 5.69 Å². The highest BCUT2D eigenvalue weighted by Gasteiger charge is 2.09. The number of aryl methyl sites for hydroxylation is 1. The lowest BCUT2D eigenvalue weighted by molar-refractivity contribution is -0.0493. The highest BCUT2D eigenvalue weighted by Crippen LogP contribution is 2.29. The SMILES string of the molecule is CCc1ccc(-c2ccc(OC(F)F)c(N)c2)cc1. The molecule has 0 amide bonds. The molecule has 2 rings (SSSR count). The summed E-state index contributed by atoms with van der Waals surface area (Å²) in [5.74, 6) is 0.00364. The Balaban J connectivity index is 2.27. The van der Waals surface area contributed by atoms with E-state index in [-0.39, 0.29) is 11.4 Å². The van der Waals surface area contributed by atoms with Crippen molar-refractivity contribution in [2.75, 3.05) is 5.73 Å². The van der Waals surface area contributed by atoms with Gasteiger partial charge in [0.15, 0.2) is 0 Å². The van der Waals surface area contributed by atoms with Gasteiger partial charge in [-0.2, -0.15) is 8.78 Å². The number of hydrogen-bond acceptors (Lipinski definition) is 2. The lowest BCUT2D eigenvalue weighted by atomic mass is 10.0. The molecule has 0 saturated heterocycles. The Hall–Kier alpha value is -2.10. The van der Waals surface area contributed by atoms with E-state index >= 15 is 0 Å². The maximum atomic E-state index is 12.1. The fourth-order valence-corrected chi connectivity index (χ4v) is 1.86. The molecule has 0 heterocycles. The van der Waals surface area contributed by atoms with Crippen molar-refractivity contribution in [3.8, 4) is 16.9 Å². The molecule has 0 aliphatic rings. The Labute approximate surface area is 110 Å². The third-order valence-electron chi connectivity index (χ3n) is 2.92. The summed E-state index contributed by atoms with van der Waals surface area (Å²) in [5, 5.41) is 0.